The molecule has 0 aliphatic heterocycles. The van der Waals surface area contributed by atoms with Crippen LogP contribution >= 0.6 is 0 Å². The van der Waals surface area contributed by atoms with E-state index in [4.69, 9.17) is 0 Å². The van der Waals surface area contributed by atoms with Crippen molar-refractivity contribution in [3.05, 3.63) is 83.9 Å². The van der Waals surface area contributed by atoms with Gasteiger partial charge in [-0.1, -0.05) is 61.5 Å². The van der Waals surface area contributed by atoms with Gasteiger partial charge in [0.2, 0.25) is 15.9 Å². The average Bonchev–Trinajstić information content (AvgIpc) is 2.74. The number of sulfonamides is 1. The van der Waals surface area contributed by atoms with Gasteiger partial charge in [-0.25, -0.2) is 8.42 Å². The van der Waals surface area contributed by atoms with Crippen molar-refractivity contribution in [1.82, 2.24) is 0 Å². The van der Waals surface area contributed by atoms with Crippen LogP contribution in [0.5, 0.6) is 0 Å². The maximum absolute atomic E-state index is 13.3. The Morgan fingerprint density at radius 1 is 0.935 bits per heavy atom. The van der Waals surface area contributed by atoms with Gasteiger partial charge < -0.3 is 5.32 Å². The molecule has 1 unspecified atom stereocenters. The molecule has 0 saturated carbocycles. The van der Waals surface area contributed by atoms with Crippen LogP contribution in [-0.2, 0) is 14.8 Å². The van der Waals surface area contributed by atoms with E-state index in [-0.39, 0.29) is 5.91 Å². The van der Waals surface area contributed by atoms with E-state index in [1.807, 2.05) is 87.5 Å². The van der Waals surface area contributed by atoms with E-state index in [2.05, 4.69) is 5.32 Å². The Hall–Kier alpha value is -3.12. The first-order valence-electron chi connectivity index (χ1n) is 10.2. The Kier molecular flexibility index (Phi) is 6.81. The van der Waals surface area contributed by atoms with Gasteiger partial charge >= 0.3 is 0 Å². The van der Waals surface area contributed by atoms with E-state index in [0.717, 1.165) is 28.5 Å². The van der Waals surface area contributed by atoms with E-state index in [1.165, 1.54) is 4.31 Å². The predicted molar refractivity (Wildman–Crippen MR) is 128 cm³/mol. The summed E-state index contributed by atoms with van der Waals surface area (Å²) in [6, 6.07) is 21.8. The highest BCUT2D eigenvalue weighted by molar-refractivity contribution is 7.92. The Morgan fingerprint density at radius 3 is 2.19 bits per heavy atom. The van der Waals surface area contributed by atoms with Crippen LogP contribution in [0, 0.1) is 13.8 Å². The summed E-state index contributed by atoms with van der Waals surface area (Å²) in [7, 11) is -3.69. The van der Waals surface area contributed by atoms with Crippen molar-refractivity contribution in [2.75, 3.05) is 15.9 Å². The number of benzene rings is 3. The van der Waals surface area contributed by atoms with Gasteiger partial charge in [0.05, 0.1) is 11.9 Å². The molecule has 0 saturated heterocycles. The van der Waals surface area contributed by atoms with Crippen molar-refractivity contribution in [3.63, 3.8) is 0 Å². The summed E-state index contributed by atoms with van der Waals surface area (Å²) in [6.45, 7) is 5.71. The van der Waals surface area contributed by atoms with Crippen LogP contribution in [0.25, 0.3) is 11.1 Å². The summed E-state index contributed by atoms with van der Waals surface area (Å²) >= 11 is 0. The van der Waals surface area contributed by atoms with Gasteiger partial charge in [-0.3, -0.25) is 9.10 Å². The van der Waals surface area contributed by atoms with Crippen LogP contribution in [0.4, 0.5) is 11.4 Å². The number of carbonyl (C=O) groups is 1. The number of nitrogens with zero attached hydrogens (tertiary/aromatic N) is 1. The Morgan fingerprint density at radius 2 is 1.58 bits per heavy atom. The zero-order valence-electron chi connectivity index (χ0n) is 18.3. The molecule has 5 nitrogen and oxygen atoms in total. The van der Waals surface area contributed by atoms with E-state index < -0.39 is 16.1 Å². The molecule has 0 radical (unpaired) electrons. The Bertz CT molecular complexity index is 1170. The topological polar surface area (TPSA) is 66.5 Å². The highest BCUT2D eigenvalue weighted by atomic mass is 32.2. The molecule has 0 spiro atoms. The predicted octanol–water partition coefficient (Wildman–Crippen LogP) is 5.15. The molecule has 162 valence electrons. The maximum Gasteiger partial charge on any atom is 0.248 e. The SMILES string of the molecule is CCC(C(=O)Nc1ccccc1-c1ccccc1)N(c1ccc(C)c(C)c1)S(C)(=O)=O. The third kappa shape index (κ3) is 5.14. The average molecular weight is 437 g/mol. The molecule has 1 atom stereocenters. The molecule has 31 heavy (non-hydrogen) atoms. The highest BCUT2D eigenvalue weighted by Gasteiger charge is 2.32. The lowest BCUT2D eigenvalue weighted by atomic mass is 10.0. The third-order valence-electron chi connectivity index (χ3n) is 5.34. The fourth-order valence-electron chi connectivity index (χ4n) is 3.60. The fourth-order valence-corrected chi connectivity index (χ4v) is 4.80. The summed E-state index contributed by atoms with van der Waals surface area (Å²) in [4.78, 5) is 13.3. The molecule has 0 fully saturated rings. The maximum atomic E-state index is 13.3. The zero-order valence-corrected chi connectivity index (χ0v) is 19.1. The van der Waals surface area contributed by atoms with Gasteiger partial charge in [0, 0.05) is 11.3 Å². The second kappa shape index (κ2) is 9.35. The van der Waals surface area contributed by atoms with E-state index in [9.17, 15) is 13.2 Å². The first-order valence-corrected chi connectivity index (χ1v) is 12.1. The molecule has 3 aromatic rings. The summed E-state index contributed by atoms with van der Waals surface area (Å²) in [5.74, 6) is -0.366. The first-order chi connectivity index (χ1) is 14.7. The first kappa shape index (κ1) is 22.6. The van der Waals surface area contributed by atoms with Crippen LogP contribution in [-0.4, -0.2) is 26.6 Å². The van der Waals surface area contributed by atoms with Gasteiger partial charge in [0.15, 0.2) is 0 Å². The number of carbonyl (C=O) groups excluding carboxylic acids is 1. The molecule has 3 aromatic carbocycles. The van der Waals surface area contributed by atoms with E-state index in [0.29, 0.717) is 17.8 Å². The van der Waals surface area contributed by atoms with Gasteiger partial charge in [0.25, 0.3) is 0 Å². The van der Waals surface area contributed by atoms with Gasteiger partial charge in [0.1, 0.15) is 6.04 Å². The molecule has 0 aromatic heterocycles. The zero-order chi connectivity index (χ0) is 22.6. The minimum absolute atomic E-state index is 0.333. The minimum atomic E-state index is -3.69. The number of rotatable bonds is 7. The second-order valence-electron chi connectivity index (χ2n) is 7.65. The smallest absolute Gasteiger partial charge is 0.248 e. The quantitative estimate of drug-likeness (QED) is 0.557. The lowest BCUT2D eigenvalue weighted by Gasteiger charge is -2.30. The van der Waals surface area contributed by atoms with Crippen LogP contribution < -0.4 is 9.62 Å². The molecule has 0 aliphatic carbocycles. The Labute approximate surface area is 184 Å². The highest BCUT2D eigenvalue weighted by Crippen LogP contribution is 2.29. The van der Waals surface area contributed by atoms with Crippen molar-refractivity contribution >= 4 is 27.3 Å². The molecular weight excluding hydrogens is 408 g/mol. The number of para-hydroxylation sites is 1. The summed E-state index contributed by atoms with van der Waals surface area (Å²) < 4.78 is 26.7. The number of aryl methyl sites for hydroxylation is 2. The van der Waals surface area contributed by atoms with Crippen LogP contribution in [0.2, 0.25) is 0 Å². The van der Waals surface area contributed by atoms with Crippen molar-refractivity contribution in [1.29, 1.82) is 0 Å². The Balaban J connectivity index is 1.98. The van der Waals surface area contributed by atoms with Crippen molar-refractivity contribution in [2.45, 2.75) is 33.2 Å². The normalized spacial score (nSPS) is 12.3. The molecule has 0 aliphatic rings. The number of amides is 1. The summed E-state index contributed by atoms with van der Waals surface area (Å²) in [5.41, 5.74) is 5.01. The summed E-state index contributed by atoms with van der Waals surface area (Å²) in [5, 5.41) is 2.96. The van der Waals surface area contributed by atoms with Gasteiger partial charge in [-0.2, -0.15) is 0 Å². The molecule has 0 heterocycles. The van der Waals surface area contributed by atoms with Crippen LogP contribution in [0.3, 0.4) is 0 Å². The standard InChI is InChI=1S/C25H28N2O3S/c1-5-24(27(31(4,29)30)21-16-15-18(2)19(3)17-21)25(28)26-23-14-10-9-13-22(23)20-11-7-6-8-12-20/h6-17,24H,5H2,1-4H3,(H,26,28). The number of anilines is 2. The number of nitrogens with one attached hydrogen (secondary N) is 1. The second-order valence-corrected chi connectivity index (χ2v) is 9.51. The monoisotopic (exact) mass is 436 g/mol. The van der Waals surface area contributed by atoms with Crippen LogP contribution in [0.15, 0.2) is 72.8 Å². The third-order valence-corrected chi connectivity index (χ3v) is 6.52. The van der Waals surface area contributed by atoms with Crippen molar-refractivity contribution < 1.29 is 13.2 Å². The lowest BCUT2D eigenvalue weighted by Crippen LogP contribution is -2.47. The molecule has 1 N–H and O–H groups in total. The number of hydrogen-bond donors (Lipinski definition) is 1. The van der Waals surface area contributed by atoms with Gasteiger partial charge in [-0.05, 0) is 55.2 Å². The lowest BCUT2D eigenvalue weighted by molar-refractivity contribution is -0.117. The minimum Gasteiger partial charge on any atom is -0.324 e. The molecular formula is C25H28N2O3S. The van der Waals surface area contributed by atoms with E-state index >= 15 is 0 Å². The fraction of sp³-hybridized carbons (Fsp3) is 0.240. The molecule has 6 heteroatoms. The van der Waals surface area contributed by atoms with Crippen LogP contribution in [0.1, 0.15) is 24.5 Å². The van der Waals surface area contributed by atoms with E-state index in [1.54, 1.807) is 6.07 Å². The largest absolute Gasteiger partial charge is 0.324 e. The summed E-state index contributed by atoms with van der Waals surface area (Å²) in [6.07, 6.45) is 1.47. The molecule has 3 rings (SSSR count). The van der Waals surface area contributed by atoms with Crippen molar-refractivity contribution in [3.8, 4) is 11.1 Å². The van der Waals surface area contributed by atoms with Gasteiger partial charge in [-0.15, -0.1) is 0 Å². The molecule has 0 bridgehead atoms. The molecule has 1 amide bonds. The number of hydrogen-bond acceptors (Lipinski definition) is 3. The van der Waals surface area contributed by atoms with Crippen molar-refractivity contribution in [2.24, 2.45) is 0 Å².